The van der Waals surface area contributed by atoms with Crippen LogP contribution in [-0.2, 0) is 17.8 Å². The van der Waals surface area contributed by atoms with Crippen molar-refractivity contribution in [3.8, 4) is 5.75 Å². The number of ether oxygens (including phenoxy) is 1. The molecule has 7 nitrogen and oxygen atoms in total. The lowest BCUT2D eigenvalue weighted by atomic mass is 10.0. The van der Waals surface area contributed by atoms with Crippen LogP contribution in [0.5, 0.6) is 5.75 Å². The molecule has 4 rings (SSSR count). The summed E-state index contributed by atoms with van der Waals surface area (Å²) in [6.45, 7) is 4.03. The van der Waals surface area contributed by atoms with Crippen LogP contribution in [0.4, 0.5) is 0 Å². The number of carbonyl (C=O) groups is 2. The summed E-state index contributed by atoms with van der Waals surface area (Å²) in [5.41, 5.74) is 4.68. The van der Waals surface area contributed by atoms with Crippen LogP contribution in [0.25, 0.3) is 10.9 Å². The molecule has 0 aliphatic rings. The molecule has 0 saturated carbocycles. The molecule has 0 radical (unpaired) electrons. The van der Waals surface area contributed by atoms with Gasteiger partial charge in [-0.05, 0) is 37.6 Å². The monoisotopic (exact) mass is 490 g/mol. The maximum atomic E-state index is 13.3. The number of aryl methyl sites for hydroxylation is 1. The van der Waals surface area contributed by atoms with Gasteiger partial charge in [0, 0.05) is 40.8 Å². The normalized spacial score (nSPS) is 11.8. The van der Waals surface area contributed by atoms with E-state index in [1.54, 1.807) is 37.6 Å². The zero-order chi connectivity index (χ0) is 24.9. The van der Waals surface area contributed by atoms with E-state index in [4.69, 9.17) is 16.3 Å². The number of para-hydroxylation sites is 1. The molecule has 0 fully saturated rings. The number of aromatic nitrogens is 2. The molecule has 0 saturated heterocycles. The van der Waals surface area contributed by atoms with Crippen LogP contribution in [0.1, 0.15) is 32.7 Å². The van der Waals surface area contributed by atoms with Gasteiger partial charge in [0.25, 0.3) is 5.91 Å². The van der Waals surface area contributed by atoms with Crippen molar-refractivity contribution < 1.29 is 14.3 Å². The highest BCUT2D eigenvalue weighted by Crippen LogP contribution is 2.24. The van der Waals surface area contributed by atoms with Gasteiger partial charge in [-0.25, -0.2) is 0 Å². The average molecular weight is 491 g/mol. The molecule has 0 bridgehead atoms. The molecule has 0 aliphatic carbocycles. The van der Waals surface area contributed by atoms with Crippen LogP contribution < -0.4 is 15.4 Å². The number of hydrogen-bond donors (Lipinski definition) is 3. The van der Waals surface area contributed by atoms with Crippen LogP contribution in [0.15, 0.2) is 60.9 Å². The van der Waals surface area contributed by atoms with Gasteiger partial charge in [-0.3, -0.25) is 14.6 Å². The summed E-state index contributed by atoms with van der Waals surface area (Å²) in [5, 5.41) is 7.11. The number of pyridine rings is 1. The lowest BCUT2D eigenvalue weighted by molar-refractivity contribution is -0.123. The van der Waals surface area contributed by atoms with Crippen LogP contribution in [-0.4, -0.2) is 34.9 Å². The van der Waals surface area contributed by atoms with E-state index in [-0.39, 0.29) is 12.5 Å². The first-order chi connectivity index (χ1) is 16.9. The summed E-state index contributed by atoms with van der Waals surface area (Å²) in [6, 6.07) is 13.8. The van der Waals surface area contributed by atoms with Crippen molar-refractivity contribution >= 4 is 34.3 Å². The van der Waals surface area contributed by atoms with Crippen molar-refractivity contribution in [1.29, 1.82) is 0 Å². The first kappa shape index (κ1) is 24.3. The molecule has 8 heteroatoms. The maximum absolute atomic E-state index is 13.3. The summed E-state index contributed by atoms with van der Waals surface area (Å²) in [6.07, 6.45) is 3.88. The maximum Gasteiger partial charge on any atom is 0.253 e. The minimum absolute atomic E-state index is 0.202. The van der Waals surface area contributed by atoms with Crippen molar-refractivity contribution in [2.24, 2.45) is 0 Å². The van der Waals surface area contributed by atoms with Gasteiger partial charge in [-0.2, -0.15) is 0 Å². The minimum Gasteiger partial charge on any atom is -0.496 e. The topological polar surface area (TPSA) is 96.1 Å². The number of nitrogens with one attached hydrogen (secondary N) is 3. The molecule has 2 amide bonds. The van der Waals surface area contributed by atoms with Crippen molar-refractivity contribution in [3.05, 3.63) is 93.9 Å². The first-order valence-corrected chi connectivity index (χ1v) is 11.6. The highest BCUT2D eigenvalue weighted by molar-refractivity contribution is 6.33. The molecule has 1 unspecified atom stereocenters. The Kier molecular flexibility index (Phi) is 7.36. The fourth-order valence-corrected chi connectivity index (χ4v) is 4.38. The quantitative estimate of drug-likeness (QED) is 0.339. The van der Waals surface area contributed by atoms with Crippen molar-refractivity contribution in [2.45, 2.75) is 32.9 Å². The number of nitrogens with zero attached hydrogens (tertiary/aromatic N) is 1. The Bertz CT molecular complexity index is 1380. The van der Waals surface area contributed by atoms with Gasteiger partial charge < -0.3 is 20.4 Å². The number of hydrogen-bond acceptors (Lipinski definition) is 4. The Morgan fingerprint density at radius 1 is 1.11 bits per heavy atom. The van der Waals surface area contributed by atoms with Gasteiger partial charge in [0.2, 0.25) is 5.91 Å². The number of amides is 2. The van der Waals surface area contributed by atoms with Crippen LogP contribution in [0.3, 0.4) is 0 Å². The molecule has 4 aromatic rings. The second-order valence-electron chi connectivity index (χ2n) is 8.33. The van der Waals surface area contributed by atoms with Crippen molar-refractivity contribution in [1.82, 2.24) is 20.6 Å². The molecule has 2 heterocycles. The lowest BCUT2D eigenvalue weighted by Gasteiger charge is -2.19. The van der Waals surface area contributed by atoms with Crippen LogP contribution in [0, 0.1) is 13.8 Å². The molecule has 0 aliphatic heterocycles. The highest BCUT2D eigenvalue weighted by Gasteiger charge is 2.24. The third-order valence-corrected chi connectivity index (χ3v) is 6.35. The summed E-state index contributed by atoms with van der Waals surface area (Å²) >= 11 is 6.22. The van der Waals surface area contributed by atoms with E-state index < -0.39 is 11.9 Å². The average Bonchev–Trinajstić information content (AvgIpc) is 3.26. The number of carbonyl (C=O) groups excluding carboxylic acids is 2. The molecular formula is C27H27ClN4O3. The molecule has 0 spiro atoms. The first-order valence-electron chi connectivity index (χ1n) is 11.3. The molecular weight excluding hydrogens is 464 g/mol. The molecule has 2 aromatic heterocycles. The summed E-state index contributed by atoms with van der Waals surface area (Å²) in [4.78, 5) is 34.0. The predicted molar refractivity (Wildman–Crippen MR) is 137 cm³/mol. The summed E-state index contributed by atoms with van der Waals surface area (Å²) < 4.78 is 5.47. The minimum atomic E-state index is -0.828. The van der Waals surface area contributed by atoms with Gasteiger partial charge in [0.15, 0.2) is 0 Å². The number of halogens is 1. The number of benzene rings is 2. The van der Waals surface area contributed by atoms with E-state index in [0.717, 1.165) is 33.3 Å². The Balaban J connectivity index is 1.57. The van der Waals surface area contributed by atoms with E-state index >= 15 is 0 Å². The van der Waals surface area contributed by atoms with E-state index in [2.05, 4.69) is 20.6 Å². The Hall–Kier alpha value is -3.84. The Morgan fingerprint density at radius 3 is 2.63 bits per heavy atom. The van der Waals surface area contributed by atoms with Gasteiger partial charge >= 0.3 is 0 Å². The third-order valence-electron chi connectivity index (χ3n) is 6.02. The van der Waals surface area contributed by atoms with E-state index in [1.165, 1.54) is 0 Å². The van der Waals surface area contributed by atoms with Crippen LogP contribution >= 0.6 is 11.6 Å². The smallest absolute Gasteiger partial charge is 0.253 e. The number of rotatable bonds is 8. The Morgan fingerprint density at radius 2 is 1.86 bits per heavy atom. The lowest BCUT2D eigenvalue weighted by Crippen LogP contribution is -2.48. The number of H-pyrrole nitrogens is 1. The number of methoxy groups -OCH3 is 1. The second kappa shape index (κ2) is 10.6. The standard InChI is InChI=1S/C27H27ClN4O3/c1-16-13-29-24(17(2)25(16)35-3)15-31-27(34)23(32-26(33)20-9-4-6-10-21(20)28)12-18-14-30-22-11-7-5-8-19(18)22/h4-11,13-14,23,30H,12,15H2,1-3H3,(H,31,34)(H,32,33). The molecule has 2 aromatic carbocycles. The summed E-state index contributed by atoms with van der Waals surface area (Å²) in [7, 11) is 1.61. The zero-order valence-corrected chi connectivity index (χ0v) is 20.6. The summed E-state index contributed by atoms with van der Waals surface area (Å²) in [5.74, 6) is 0.00458. The van der Waals surface area contributed by atoms with E-state index in [9.17, 15) is 9.59 Å². The molecule has 180 valence electrons. The van der Waals surface area contributed by atoms with Crippen LogP contribution in [0.2, 0.25) is 5.02 Å². The third kappa shape index (κ3) is 5.30. The molecule has 35 heavy (non-hydrogen) atoms. The zero-order valence-electron chi connectivity index (χ0n) is 19.8. The van der Waals surface area contributed by atoms with Crippen molar-refractivity contribution in [2.75, 3.05) is 7.11 Å². The predicted octanol–water partition coefficient (Wildman–Crippen LogP) is 4.50. The van der Waals surface area contributed by atoms with Gasteiger partial charge in [-0.1, -0.05) is 41.9 Å². The van der Waals surface area contributed by atoms with Gasteiger partial charge in [-0.15, -0.1) is 0 Å². The van der Waals surface area contributed by atoms with E-state index in [1.807, 2.05) is 44.3 Å². The fraction of sp³-hybridized carbons (Fsp3) is 0.222. The number of aromatic amines is 1. The molecule has 1 atom stereocenters. The Labute approximate surface area is 208 Å². The fourth-order valence-electron chi connectivity index (χ4n) is 4.15. The van der Waals surface area contributed by atoms with Gasteiger partial charge in [0.1, 0.15) is 11.8 Å². The van der Waals surface area contributed by atoms with Gasteiger partial charge in [0.05, 0.1) is 29.9 Å². The highest BCUT2D eigenvalue weighted by atomic mass is 35.5. The second-order valence-corrected chi connectivity index (χ2v) is 8.74. The number of fused-ring (bicyclic) bond motifs is 1. The van der Waals surface area contributed by atoms with E-state index in [0.29, 0.717) is 22.7 Å². The SMILES string of the molecule is COc1c(C)cnc(CNC(=O)C(Cc2c[nH]c3ccccc23)NC(=O)c2ccccc2Cl)c1C. The largest absolute Gasteiger partial charge is 0.496 e. The molecule has 3 N–H and O–H groups in total. The van der Waals surface area contributed by atoms with Crippen molar-refractivity contribution in [3.63, 3.8) is 0 Å².